The molecule has 1 aromatic carbocycles. The normalized spacial score (nSPS) is 12.3. The Hall–Kier alpha value is -1.21. The maximum atomic E-state index is 12.2. The third-order valence-corrected chi connectivity index (χ3v) is 3.63. The molecular weight excluding hydrogens is 301 g/mol. The van der Waals surface area contributed by atoms with Crippen molar-refractivity contribution in [1.82, 2.24) is 10.6 Å². The van der Waals surface area contributed by atoms with Gasteiger partial charge in [0.15, 0.2) is 0 Å². The number of carbonyl (C=O) groups excluding carboxylic acids is 1. The van der Waals surface area contributed by atoms with Crippen molar-refractivity contribution in [2.24, 2.45) is 5.41 Å². The van der Waals surface area contributed by atoms with E-state index < -0.39 is 10.9 Å². The number of rotatable bonds is 6. The second kappa shape index (κ2) is 7.17. The van der Waals surface area contributed by atoms with Crippen molar-refractivity contribution >= 4 is 17.7 Å². The van der Waals surface area contributed by atoms with E-state index in [0.717, 1.165) is 5.56 Å². The second-order valence-corrected chi connectivity index (χ2v) is 6.40. The Bertz CT molecular complexity index is 472. The molecule has 0 aliphatic rings. The van der Waals surface area contributed by atoms with Crippen LogP contribution in [0.5, 0.6) is 0 Å². The highest BCUT2D eigenvalue weighted by Gasteiger charge is 2.29. The Morgan fingerprint density at radius 1 is 1.19 bits per heavy atom. The molecule has 7 heteroatoms. The summed E-state index contributed by atoms with van der Waals surface area (Å²) in [5.74, 6) is -0.0630. The van der Waals surface area contributed by atoms with Gasteiger partial charge in [0.1, 0.15) is 0 Å². The minimum Gasteiger partial charge on any atom is -0.359 e. The van der Waals surface area contributed by atoms with Gasteiger partial charge in [-0.1, -0.05) is 12.1 Å². The molecule has 1 rings (SSSR count). The van der Waals surface area contributed by atoms with Gasteiger partial charge in [-0.3, -0.25) is 4.79 Å². The third kappa shape index (κ3) is 6.39. The van der Waals surface area contributed by atoms with Gasteiger partial charge in [-0.25, -0.2) is 0 Å². The topological polar surface area (TPSA) is 41.1 Å². The fraction of sp³-hybridized carbons (Fsp3) is 0.500. The molecular formula is C14H19F3N2OS. The van der Waals surface area contributed by atoms with Gasteiger partial charge in [-0.05, 0) is 43.3 Å². The van der Waals surface area contributed by atoms with Gasteiger partial charge < -0.3 is 10.6 Å². The number of thioether (sulfide) groups is 1. The maximum absolute atomic E-state index is 12.2. The van der Waals surface area contributed by atoms with Gasteiger partial charge in [0, 0.05) is 25.0 Å². The Morgan fingerprint density at radius 2 is 1.76 bits per heavy atom. The van der Waals surface area contributed by atoms with Crippen LogP contribution in [0.2, 0.25) is 0 Å². The summed E-state index contributed by atoms with van der Waals surface area (Å²) in [5.41, 5.74) is -3.94. The molecule has 1 aromatic rings. The van der Waals surface area contributed by atoms with E-state index in [2.05, 4.69) is 10.6 Å². The zero-order chi connectivity index (χ0) is 16.1. The van der Waals surface area contributed by atoms with Crippen LogP contribution in [-0.4, -0.2) is 25.0 Å². The highest BCUT2D eigenvalue weighted by atomic mass is 32.2. The Kier molecular flexibility index (Phi) is 6.10. The smallest absolute Gasteiger partial charge is 0.359 e. The van der Waals surface area contributed by atoms with E-state index in [1.807, 2.05) is 13.8 Å². The lowest BCUT2D eigenvalue weighted by Crippen LogP contribution is -2.41. The van der Waals surface area contributed by atoms with Crippen LogP contribution in [0.4, 0.5) is 13.2 Å². The van der Waals surface area contributed by atoms with Gasteiger partial charge in [-0.2, -0.15) is 13.2 Å². The molecule has 0 radical (unpaired) electrons. The van der Waals surface area contributed by atoms with E-state index in [1.54, 1.807) is 19.2 Å². The highest BCUT2D eigenvalue weighted by molar-refractivity contribution is 8.00. The van der Waals surface area contributed by atoms with Crippen LogP contribution in [0.3, 0.4) is 0 Å². The van der Waals surface area contributed by atoms with Gasteiger partial charge in [0.25, 0.3) is 0 Å². The van der Waals surface area contributed by atoms with Crippen molar-refractivity contribution < 1.29 is 18.0 Å². The molecule has 0 unspecified atom stereocenters. The third-order valence-electron chi connectivity index (χ3n) is 2.89. The monoisotopic (exact) mass is 320 g/mol. The van der Waals surface area contributed by atoms with Crippen LogP contribution in [-0.2, 0) is 11.3 Å². The van der Waals surface area contributed by atoms with Crippen LogP contribution >= 0.6 is 11.8 Å². The molecule has 0 saturated heterocycles. The Balaban J connectivity index is 2.48. The van der Waals surface area contributed by atoms with Crippen molar-refractivity contribution in [1.29, 1.82) is 0 Å². The molecule has 0 spiro atoms. The summed E-state index contributed by atoms with van der Waals surface area (Å²) in [5, 5.41) is 5.73. The quantitative estimate of drug-likeness (QED) is 0.791. The van der Waals surface area contributed by atoms with E-state index >= 15 is 0 Å². The largest absolute Gasteiger partial charge is 0.446 e. The number of halogens is 3. The first-order valence-corrected chi connectivity index (χ1v) is 7.23. The predicted molar refractivity (Wildman–Crippen MR) is 77.9 cm³/mol. The fourth-order valence-electron chi connectivity index (χ4n) is 1.75. The van der Waals surface area contributed by atoms with E-state index in [0.29, 0.717) is 13.1 Å². The first-order chi connectivity index (χ1) is 9.64. The number of carbonyl (C=O) groups is 1. The second-order valence-electron chi connectivity index (χ2n) is 5.26. The maximum Gasteiger partial charge on any atom is 0.446 e. The average molecular weight is 320 g/mol. The van der Waals surface area contributed by atoms with Gasteiger partial charge in [0.2, 0.25) is 5.91 Å². The number of hydrogen-bond donors (Lipinski definition) is 2. The summed E-state index contributed by atoms with van der Waals surface area (Å²) in [6.07, 6.45) is 0. The van der Waals surface area contributed by atoms with Crippen LogP contribution in [0.25, 0.3) is 0 Å². The molecule has 0 aromatic heterocycles. The first kappa shape index (κ1) is 17.8. The fourth-order valence-corrected chi connectivity index (χ4v) is 2.29. The summed E-state index contributed by atoms with van der Waals surface area (Å²) in [7, 11) is 1.58. The summed E-state index contributed by atoms with van der Waals surface area (Å²) >= 11 is -0.129. The summed E-state index contributed by atoms with van der Waals surface area (Å²) in [6, 6.07) is 6.18. The molecule has 0 atom stereocenters. The van der Waals surface area contributed by atoms with Gasteiger partial charge in [-0.15, -0.1) is 0 Å². The van der Waals surface area contributed by atoms with E-state index in [1.165, 1.54) is 12.1 Å². The lowest BCUT2D eigenvalue weighted by Gasteiger charge is -2.23. The molecule has 3 nitrogen and oxygen atoms in total. The number of alkyl halides is 3. The molecule has 2 N–H and O–H groups in total. The molecule has 21 heavy (non-hydrogen) atoms. The van der Waals surface area contributed by atoms with E-state index in [4.69, 9.17) is 0 Å². The molecule has 0 fully saturated rings. The standard InChI is InChI=1S/C14H19F3N2OS/c1-13(2,12(20)18-3)9-19-8-10-4-6-11(7-5-10)21-14(15,16)17/h4-7,19H,8-9H2,1-3H3,(H,18,20). The van der Waals surface area contributed by atoms with Crippen LogP contribution in [0, 0.1) is 5.41 Å². The zero-order valence-electron chi connectivity index (χ0n) is 12.2. The van der Waals surface area contributed by atoms with Crippen LogP contribution < -0.4 is 10.6 Å². The van der Waals surface area contributed by atoms with Crippen molar-refractivity contribution in [2.45, 2.75) is 30.8 Å². The number of hydrogen-bond acceptors (Lipinski definition) is 3. The van der Waals surface area contributed by atoms with Crippen molar-refractivity contribution in [2.75, 3.05) is 13.6 Å². The number of nitrogens with one attached hydrogen (secondary N) is 2. The first-order valence-electron chi connectivity index (χ1n) is 6.41. The van der Waals surface area contributed by atoms with Gasteiger partial charge in [0.05, 0.1) is 5.41 Å². The molecule has 1 amide bonds. The van der Waals surface area contributed by atoms with E-state index in [-0.39, 0.29) is 22.6 Å². The van der Waals surface area contributed by atoms with Crippen LogP contribution in [0.15, 0.2) is 29.2 Å². The molecule has 0 aliphatic heterocycles. The zero-order valence-corrected chi connectivity index (χ0v) is 13.0. The van der Waals surface area contributed by atoms with Crippen LogP contribution in [0.1, 0.15) is 19.4 Å². The minimum absolute atomic E-state index is 0.0630. The molecule has 0 aliphatic carbocycles. The van der Waals surface area contributed by atoms with Crippen molar-refractivity contribution in [3.63, 3.8) is 0 Å². The molecule has 118 valence electrons. The van der Waals surface area contributed by atoms with Crippen molar-refractivity contribution in [3.05, 3.63) is 29.8 Å². The summed E-state index contributed by atoms with van der Waals surface area (Å²) in [4.78, 5) is 11.8. The number of amides is 1. The minimum atomic E-state index is -4.27. The average Bonchev–Trinajstić information content (AvgIpc) is 2.38. The highest BCUT2D eigenvalue weighted by Crippen LogP contribution is 2.36. The Morgan fingerprint density at radius 3 is 2.24 bits per heavy atom. The molecule has 0 saturated carbocycles. The Labute approximate surface area is 126 Å². The lowest BCUT2D eigenvalue weighted by molar-refractivity contribution is -0.128. The predicted octanol–water partition coefficient (Wildman–Crippen LogP) is 3.16. The lowest BCUT2D eigenvalue weighted by atomic mass is 9.92. The number of benzene rings is 1. The SMILES string of the molecule is CNC(=O)C(C)(C)CNCc1ccc(SC(F)(F)F)cc1. The molecule has 0 heterocycles. The van der Waals surface area contributed by atoms with Gasteiger partial charge >= 0.3 is 5.51 Å². The molecule has 0 bridgehead atoms. The summed E-state index contributed by atoms with van der Waals surface area (Å²) < 4.78 is 36.6. The van der Waals surface area contributed by atoms with Crippen molar-refractivity contribution in [3.8, 4) is 0 Å². The van der Waals surface area contributed by atoms with E-state index in [9.17, 15) is 18.0 Å². The summed E-state index contributed by atoms with van der Waals surface area (Å²) in [6.45, 7) is 4.62.